The fraction of sp³-hybridized carbons (Fsp3) is 0.818. The normalized spacial score (nSPS) is 24.8. The third-order valence-electron chi connectivity index (χ3n) is 2.65. The second-order valence-electron chi connectivity index (χ2n) is 5.11. The zero-order chi connectivity index (χ0) is 10.1. The molecule has 0 fully saturated rings. The summed E-state index contributed by atoms with van der Waals surface area (Å²) in [6, 6.07) is 0. The largest absolute Gasteiger partial charge is 0.547 e. The van der Waals surface area contributed by atoms with Crippen molar-refractivity contribution in [1.29, 1.82) is 0 Å². The maximum absolute atomic E-state index is 6.08. The number of rotatable bonds is 2. The van der Waals surface area contributed by atoms with Crippen LogP contribution in [0.3, 0.4) is 0 Å². The standard InChI is InChI=1S/C11H22OSi/c1-9-7-6-8-11(10(9)2)12-13(3,4)5/h9H,6-8H2,1-5H3/t9-/m1/s1. The van der Waals surface area contributed by atoms with Crippen LogP contribution in [0.1, 0.15) is 33.1 Å². The Kier molecular flexibility index (Phi) is 3.22. The van der Waals surface area contributed by atoms with Gasteiger partial charge >= 0.3 is 0 Å². The van der Waals surface area contributed by atoms with E-state index in [1.165, 1.54) is 30.6 Å². The Hall–Kier alpha value is -0.243. The SMILES string of the molecule is CC1=C(O[Si](C)(C)C)CCC[C@H]1C. The minimum absolute atomic E-state index is 0.736. The van der Waals surface area contributed by atoms with Gasteiger partial charge in [-0.1, -0.05) is 6.92 Å². The molecule has 1 aliphatic rings. The first kappa shape index (κ1) is 10.8. The minimum Gasteiger partial charge on any atom is -0.547 e. The zero-order valence-electron chi connectivity index (χ0n) is 9.61. The summed E-state index contributed by atoms with van der Waals surface area (Å²) in [4.78, 5) is 0. The summed E-state index contributed by atoms with van der Waals surface area (Å²) in [6.45, 7) is 11.3. The van der Waals surface area contributed by atoms with E-state index in [1.807, 2.05) is 0 Å². The van der Waals surface area contributed by atoms with Crippen molar-refractivity contribution < 1.29 is 4.43 Å². The van der Waals surface area contributed by atoms with Gasteiger partial charge in [0.15, 0.2) is 0 Å². The quantitative estimate of drug-likeness (QED) is 0.611. The molecule has 0 N–H and O–H groups in total. The number of hydrogen-bond donors (Lipinski definition) is 0. The van der Waals surface area contributed by atoms with E-state index in [4.69, 9.17) is 4.43 Å². The Morgan fingerprint density at radius 3 is 2.46 bits per heavy atom. The second-order valence-corrected chi connectivity index (χ2v) is 9.54. The molecule has 76 valence electrons. The molecule has 0 amide bonds. The van der Waals surface area contributed by atoms with E-state index in [9.17, 15) is 0 Å². The van der Waals surface area contributed by atoms with Gasteiger partial charge in [-0.05, 0) is 50.9 Å². The average molecular weight is 198 g/mol. The molecular formula is C11H22OSi. The molecular weight excluding hydrogens is 176 g/mol. The lowest BCUT2D eigenvalue weighted by atomic mass is 9.89. The molecule has 0 saturated carbocycles. The summed E-state index contributed by atoms with van der Waals surface area (Å²) < 4.78 is 6.08. The Morgan fingerprint density at radius 1 is 1.31 bits per heavy atom. The van der Waals surface area contributed by atoms with E-state index in [0.717, 1.165) is 5.92 Å². The first-order chi connectivity index (χ1) is 5.90. The molecule has 1 aliphatic carbocycles. The molecule has 0 aromatic rings. The van der Waals surface area contributed by atoms with Crippen LogP contribution >= 0.6 is 0 Å². The summed E-state index contributed by atoms with van der Waals surface area (Å²) in [5.41, 5.74) is 1.49. The maximum Gasteiger partial charge on any atom is 0.241 e. The van der Waals surface area contributed by atoms with Crippen molar-refractivity contribution in [2.45, 2.75) is 52.8 Å². The monoisotopic (exact) mass is 198 g/mol. The molecule has 0 saturated heterocycles. The Bertz CT molecular complexity index is 213. The summed E-state index contributed by atoms with van der Waals surface area (Å²) >= 11 is 0. The maximum atomic E-state index is 6.08. The van der Waals surface area contributed by atoms with Crippen molar-refractivity contribution in [2.24, 2.45) is 5.92 Å². The molecule has 0 spiro atoms. The summed E-state index contributed by atoms with van der Waals surface area (Å²) in [5.74, 6) is 2.04. The molecule has 0 aromatic carbocycles. The van der Waals surface area contributed by atoms with Gasteiger partial charge in [0.2, 0.25) is 8.32 Å². The van der Waals surface area contributed by atoms with Gasteiger partial charge in [0.05, 0.1) is 5.76 Å². The fourth-order valence-corrected chi connectivity index (χ4v) is 2.76. The smallest absolute Gasteiger partial charge is 0.241 e. The Morgan fingerprint density at radius 2 is 1.92 bits per heavy atom. The van der Waals surface area contributed by atoms with Crippen LogP contribution in [0.25, 0.3) is 0 Å². The van der Waals surface area contributed by atoms with Crippen molar-refractivity contribution in [3.8, 4) is 0 Å². The summed E-state index contributed by atoms with van der Waals surface area (Å²) in [6.07, 6.45) is 3.81. The molecule has 2 heteroatoms. The van der Waals surface area contributed by atoms with Crippen molar-refractivity contribution in [3.63, 3.8) is 0 Å². The lowest BCUT2D eigenvalue weighted by Gasteiger charge is -2.29. The van der Waals surface area contributed by atoms with Gasteiger partial charge < -0.3 is 4.43 Å². The van der Waals surface area contributed by atoms with E-state index in [-0.39, 0.29) is 0 Å². The van der Waals surface area contributed by atoms with Gasteiger partial charge in [-0.15, -0.1) is 0 Å². The average Bonchev–Trinajstić information content (AvgIpc) is 1.96. The van der Waals surface area contributed by atoms with Crippen LogP contribution in [-0.2, 0) is 4.43 Å². The molecule has 1 atom stereocenters. The van der Waals surface area contributed by atoms with E-state index in [0.29, 0.717) is 0 Å². The van der Waals surface area contributed by atoms with E-state index in [2.05, 4.69) is 33.5 Å². The van der Waals surface area contributed by atoms with Gasteiger partial charge in [-0.25, -0.2) is 0 Å². The van der Waals surface area contributed by atoms with Gasteiger partial charge in [0, 0.05) is 6.42 Å². The molecule has 0 bridgehead atoms. The number of allylic oxidation sites excluding steroid dienone is 2. The van der Waals surface area contributed by atoms with Crippen LogP contribution in [0.15, 0.2) is 11.3 Å². The highest BCUT2D eigenvalue weighted by Gasteiger charge is 2.23. The molecule has 1 rings (SSSR count). The number of hydrogen-bond acceptors (Lipinski definition) is 1. The highest BCUT2D eigenvalue weighted by Crippen LogP contribution is 2.31. The van der Waals surface area contributed by atoms with Gasteiger partial charge in [-0.3, -0.25) is 0 Å². The van der Waals surface area contributed by atoms with Crippen LogP contribution < -0.4 is 0 Å². The van der Waals surface area contributed by atoms with Crippen LogP contribution in [0.5, 0.6) is 0 Å². The molecule has 0 radical (unpaired) electrons. The predicted octanol–water partition coefficient (Wildman–Crippen LogP) is 3.93. The molecule has 13 heavy (non-hydrogen) atoms. The van der Waals surface area contributed by atoms with Crippen molar-refractivity contribution in [3.05, 3.63) is 11.3 Å². The summed E-state index contributed by atoms with van der Waals surface area (Å²) in [7, 11) is -1.37. The van der Waals surface area contributed by atoms with Crippen molar-refractivity contribution in [2.75, 3.05) is 0 Å². The predicted molar refractivity (Wildman–Crippen MR) is 60.1 cm³/mol. The molecule has 0 aromatic heterocycles. The van der Waals surface area contributed by atoms with E-state index < -0.39 is 8.32 Å². The molecule has 0 aliphatic heterocycles. The van der Waals surface area contributed by atoms with Gasteiger partial charge in [0.1, 0.15) is 0 Å². The lowest BCUT2D eigenvalue weighted by Crippen LogP contribution is -2.26. The fourth-order valence-electron chi connectivity index (χ4n) is 1.76. The molecule has 0 heterocycles. The van der Waals surface area contributed by atoms with Gasteiger partial charge in [-0.2, -0.15) is 0 Å². The van der Waals surface area contributed by atoms with Gasteiger partial charge in [0.25, 0.3) is 0 Å². The lowest BCUT2D eigenvalue weighted by molar-refractivity contribution is 0.350. The highest BCUT2D eigenvalue weighted by atomic mass is 28.4. The highest BCUT2D eigenvalue weighted by molar-refractivity contribution is 6.70. The van der Waals surface area contributed by atoms with Crippen molar-refractivity contribution >= 4 is 8.32 Å². The topological polar surface area (TPSA) is 9.23 Å². The van der Waals surface area contributed by atoms with Crippen molar-refractivity contribution in [1.82, 2.24) is 0 Å². The summed E-state index contributed by atoms with van der Waals surface area (Å²) in [5, 5.41) is 0. The molecule has 0 unspecified atom stereocenters. The van der Waals surface area contributed by atoms with Crippen LogP contribution in [-0.4, -0.2) is 8.32 Å². The first-order valence-corrected chi connectivity index (χ1v) is 8.69. The van der Waals surface area contributed by atoms with Crippen LogP contribution in [0, 0.1) is 5.92 Å². The Balaban J connectivity index is 2.72. The zero-order valence-corrected chi connectivity index (χ0v) is 10.6. The van der Waals surface area contributed by atoms with E-state index in [1.54, 1.807) is 0 Å². The first-order valence-electron chi connectivity index (χ1n) is 5.29. The third kappa shape index (κ3) is 3.18. The van der Waals surface area contributed by atoms with Crippen LogP contribution in [0.2, 0.25) is 19.6 Å². The third-order valence-corrected chi connectivity index (χ3v) is 3.51. The second kappa shape index (κ2) is 3.87. The van der Waals surface area contributed by atoms with E-state index >= 15 is 0 Å². The minimum atomic E-state index is -1.37. The molecule has 1 nitrogen and oxygen atoms in total. The van der Waals surface area contributed by atoms with Crippen LogP contribution in [0.4, 0.5) is 0 Å². The Labute approximate surface area is 83.3 Å².